The van der Waals surface area contributed by atoms with Crippen LogP contribution in [0.4, 0.5) is 5.69 Å². The zero-order valence-corrected chi connectivity index (χ0v) is 18.5. The molecule has 32 heavy (non-hydrogen) atoms. The van der Waals surface area contributed by atoms with Crippen LogP contribution in [-0.2, 0) is 13.1 Å². The molecule has 4 aromatic rings. The molecule has 0 unspecified atom stereocenters. The van der Waals surface area contributed by atoms with Crippen molar-refractivity contribution in [3.8, 4) is 16.9 Å². The summed E-state index contributed by atoms with van der Waals surface area (Å²) in [5.41, 5.74) is 11.4. The lowest BCUT2D eigenvalue weighted by molar-refractivity contribution is 0.415. The number of guanidine groups is 1. The minimum Gasteiger partial charge on any atom is -0.495 e. The van der Waals surface area contributed by atoms with Crippen LogP contribution in [0.1, 0.15) is 11.1 Å². The number of nitrogens with one attached hydrogen (secondary N) is 1. The van der Waals surface area contributed by atoms with Gasteiger partial charge in [-0.1, -0.05) is 60.1 Å². The summed E-state index contributed by atoms with van der Waals surface area (Å²) in [4.78, 5) is 8.61. The van der Waals surface area contributed by atoms with Crippen molar-refractivity contribution in [1.29, 1.82) is 0 Å². The molecular weight excluding hydrogens is 422 g/mol. The molecule has 0 atom stereocenters. The average molecular weight is 446 g/mol. The Morgan fingerprint density at radius 1 is 1.12 bits per heavy atom. The Morgan fingerprint density at radius 2 is 1.94 bits per heavy atom. The highest BCUT2D eigenvalue weighted by Gasteiger charge is 2.06. The van der Waals surface area contributed by atoms with Gasteiger partial charge in [0, 0.05) is 24.6 Å². The number of aromatic nitrogens is 2. The van der Waals surface area contributed by atoms with E-state index >= 15 is 0 Å². The number of nitrogens with zero attached hydrogens (tertiary/aromatic N) is 3. The van der Waals surface area contributed by atoms with Crippen LogP contribution in [0.3, 0.4) is 0 Å². The van der Waals surface area contributed by atoms with E-state index in [1.807, 2.05) is 35.3 Å². The maximum Gasteiger partial charge on any atom is 0.193 e. The maximum atomic E-state index is 6.17. The van der Waals surface area contributed by atoms with Crippen LogP contribution in [0, 0.1) is 0 Å². The van der Waals surface area contributed by atoms with Crippen LogP contribution in [0.5, 0.6) is 5.75 Å². The average Bonchev–Trinajstić information content (AvgIpc) is 3.32. The molecule has 0 aliphatic carbocycles. The first-order valence-corrected chi connectivity index (χ1v) is 10.5. The summed E-state index contributed by atoms with van der Waals surface area (Å²) < 4.78 is 7.22. The molecule has 0 spiro atoms. The quantitative estimate of drug-likeness (QED) is 0.303. The molecule has 0 saturated carbocycles. The molecule has 7 heteroatoms. The molecule has 162 valence electrons. The van der Waals surface area contributed by atoms with Crippen molar-refractivity contribution in [3.63, 3.8) is 0 Å². The van der Waals surface area contributed by atoms with Crippen molar-refractivity contribution in [2.24, 2.45) is 10.7 Å². The Morgan fingerprint density at radius 3 is 2.66 bits per heavy atom. The number of nitrogens with two attached hydrogens (primary N) is 1. The van der Waals surface area contributed by atoms with Crippen molar-refractivity contribution in [2.45, 2.75) is 13.1 Å². The highest BCUT2D eigenvalue weighted by molar-refractivity contribution is 6.32. The number of rotatable bonds is 7. The predicted octanol–water partition coefficient (Wildman–Crippen LogP) is 5.19. The van der Waals surface area contributed by atoms with E-state index in [0.717, 1.165) is 28.9 Å². The van der Waals surface area contributed by atoms with Crippen LogP contribution in [0.2, 0.25) is 5.02 Å². The van der Waals surface area contributed by atoms with Crippen LogP contribution >= 0.6 is 11.6 Å². The molecule has 1 heterocycles. The van der Waals surface area contributed by atoms with Gasteiger partial charge in [0.15, 0.2) is 5.96 Å². The van der Waals surface area contributed by atoms with Gasteiger partial charge < -0.3 is 20.4 Å². The molecular formula is C25H24ClN5O. The fraction of sp³-hybridized carbons (Fsp3) is 0.120. The number of imidazole rings is 1. The third-order valence-electron chi connectivity index (χ3n) is 5.05. The number of methoxy groups -OCH3 is 1. The molecule has 3 N–H and O–H groups in total. The lowest BCUT2D eigenvalue weighted by atomic mass is 9.98. The minimum atomic E-state index is 0.316. The largest absolute Gasteiger partial charge is 0.495 e. The molecule has 0 amide bonds. The number of hydrogen-bond donors (Lipinski definition) is 2. The summed E-state index contributed by atoms with van der Waals surface area (Å²) in [5, 5.41) is 3.58. The summed E-state index contributed by atoms with van der Waals surface area (Å²) >= 11 is 6.17. The molecule has 0 bridgehead atoms. The van der Waals surface area contributed by atoms with E-state index in [1.54, 1.807) is 25.4 Å². The van der Waals surface area contributed by atoms with Crippen molar-refractivity contribution in [3.05, 3.63) is 102 Å². The van der Waals surface area contributed by atoms with E-state index in [0.29, 0.717) is 23.3 Å². The molecule has 0 fully saturated rings. The molecule has 3 aromatic carbocycles. The van der Waals surface area contributed by atoms with Crippen molar-refractivity contribution < 1.29 is 4.74 Å². The fourth-order valence-electron chi connectivity index (χ4n) is 3.42. The maximum absolute atomic E-state index is 6.17. The van der Waals surface area contributed by atoms with E-state index in [-0.39, 0.29) is 0 Å². The summed E-state index contributed by atoms with van der Waals surface area (Å²) in [7, 11) is 1.58. The van der Waals surface area contributed by atoms with Crippen LogP contribution in [0.15, 0.2) is 90.4 Å². The minimum absolute atomic E-state index is 0.316. The summed E-state index contributed by atoms with van der Waals surface area (Å²) in [5.74, 6) is 0.925. The second kappa shape index (κ2) is 10.0. The highest BCUT2D eigenvalue weighted by Crippen LogP contribution is 2.27. The Hall–Kier alpha value is -3.77. The van der Waals surface area contributed by atoms with E-state index in [1.165, 1.54) is 5.56 Å². The third kappa shape index (κ3) is 5.28. The second-order valence-corrected chi connectivity index (χ2v) is 7.67. The van der Waals surface area contributed by atoms with Crippen molar-refractivity contribution in [2.75, 3.05) is 12.4 Å². The lowest BCUT2D eigenvalue weighted by Crippen LogP contribution is -2.22. The van der Waals surface area contributed by atoms with Gasteiger partial charge >= 0.3 is 0 Å². The summed E-state index contributed by atoms with van der Waals surface area (Å²) in [6.07, 6.45) is 5.56. The SMILES string of the molecule is COc1ccc(NC(N)=NCc2ccccc2-c2ccc(Cn3ccnc3)cc2)cc1Cl. The fourth-order valence-corrected chi connectivity index (χ4v) is 3.68. The Balaban J connectivity index is 1.46. The summed E-state index contributed by atoms with van der Waals surface area (Å²) in [6, 6.07) is 22.1. The van der Waals surface area contributed by atoms with Crippen LogP contribution < -0.4 is 15.8 Å². The first kappa shape index (κ1) is 21.5. The smallest absolute Gasteiger partial charge is 0.193 e. The number of hydrogen-bond acceptors (Lipinski definition) is 3. The van der Waals surface area contributed by atoms with E-state index in [9.17, 15) is 0 Å². The Labute approximate surface area is 192 Å². The molecule has 4 rings (SSSR count). The van der Waals surface area contributed by atoms with E-state index < -0.39 is 0 Å². The second-order valence-electron chi connectivity index (χ2n) is 7.26. The Kier molecular flexibility index (Phi) is 6.72. The van der Waals surface area contributed by atoms with Gasteiger partial charge in [0.05, 0.1) is 25.0 Å². The van der Waals surface area contributed by atoms with Gasteiger partial charge in [0.1, 0.15) is 5.75 Å². The predicted molar refractivity (Wildman–Crippen MR) is 130 cm³/mol. The Bertz CT molecular complexity index is 1200. The molecule has 0 saturated heterocycles. The number of aliphatic imine (C=N–C) groups is 1. The number of benzene rings is 3. The number of halogens is 1. The molecule has 0 aliphatic rings. The molecule has 0 aliphatic heterocycles. The number of anilines is 1. The topological polar surface area (TPSA) is 77.5 Å². The van der Waals surface area contributed by atoms with Crippen LogP contribution in [0.25, 0.3) is 11.1 Å². The van der Waals surface area contributed by atoms with Gasteiger partial charge in [-0.15, -0.1) is 0 Å². The first-order chi connectivity index (χ1) is 15.6. The van der Waals surface area contributed by atoms with E-state index in [2.05, 4.69) is 51.7 Å². The lowest BCUT2D eigenvalue weighted by Gasteiger charge is -2.11. The highest BCUT2D eigenvalue weighted by atomic mass is 35.5. The van der Waals surface area contributed by atoms with Gasteiger partial charge in [-0.05, 0) is 40.5 Å². The van der Waals surface area contributed by atoms with Gasteiger partial charge in [0.25, 0.3) is 0 Å². The first-order valence-electron chi connectivity index (χ1n) is 10.2. The van der Waals surface area contributed by atoms with Crippen molar-refractivity contribution in [1.82, 2.24) is 9.55 Å². The van der Waals surface area contributed by atoms with Crippen molar-refractivity contribution >= 4 is 23.2 Å². The van der Waals surface area contributed by atoms with E-state index in [4.69, 9.17) is 22.1 Å². The normalized spacial score (nSPS) is 11.4. The van der Waals surface area contributed by atoms with Gasteiger partial charge in [0.2, 0.25) is 0 Å². The zero-order valence-electron chi connectivity index (χ0n) is 17.7. The van der Waals surface area contributed by atoms with Gasteiger partial charge in [-0.2, -0.15) is 0 Å². The summed E-state index contributed by atoms with van der Waals surface area (Å²) in [6.45, 7) is 1.25. The molecule has 1 aromatic heterocycles. The zero-order chi connectivity index (χ0) is 22.3. The number of ether oxygens (including phenoxy) is 1. The van der Waals surface area contributed by atoms with Crippen LogP contribution in [-0.4, -0.2) is 22.6 Å². The van der Waals surface area contributed by atoms with Gasteiger partial charge in [-0.3, -0.25) is 0 Å². The van der Waals surface area contributed by atoms with Gasteiger partial charge in [-0.25, -0.2) is 9.98 Å². The third-order valence-corrected chi connectivity index (χ3v) is 5.35. The monoisotopic (exact) mass is 445 g/mol. The molecule has 0 radical (unpaired) electrons. The molecule has 6 nitrogen and oxygen atoms in total. The standard InChI is InChI=1S/C25H24ClN5O/c1-32-24-11-10-21(14-23(24)26)30-25(27)29-15-20-4-2-3-5-22(20)19-8-6-18(7-9-19)16-31-13-12-28-17-31/h2-14,17H,15-16H2,1H3,(H3,27,29,30).